The Balaban J connectivity index is 1.60. The van der Waals surface area contributed by atoms with Crippen molar-refractivity contribution in [2.45, 2.75) is 18.9 Å². The van der Waals surface area contributed by atoms with Crippen molar-refractivity contribution in [1.82, 2.24) is 15.3 Å². The van der Waals surface area contributed by atoms with E-state index in [1.165, 1.54) is 17.7 Å². The average Bonchev–Trinajstić information content (AvgIpc) is 3.19. The van der Waals surface area contributed by atoms with Crippen LogP contribution in [-0.4, -0.2) is 53.3 Å². The zero-order valence-corrected chi connectivity index (χ0v) is 14.6. The van der Waals surface area contributed by atoms with E-state index in [-0.39, 0.29) is 12.5 Å². The zero-order chi connectivity index (χ0) is 17.2. The Morgan fingerprint density at radius 2 is 2.29 bits per heavy atom. The van der Waals surface area contributed by atoms with Gasteiger partial charge < -0.3 is 20.6 Å². The van der Waals surface area contributed by atoms with Gasteiger partial charge in [0.1, 0.15) is 23.6 Å². The van der Waals surface area contributed by atoms with Crippen molar-refractivity contribution < 1.29 is 9.90 Å². The van der Waals surface area contributed by atoms with Crippen LogP contribution in [0.25, 0.3) is 0 Å². The lowest BCUT2D eigenvalue weighted by molar-refractivity contribution is 0.0577. The molecule has 128 valence electrons. The number of nitrogens with one attached hydrogen (secondary N) is 2. The number of hydrogen-bond donors (Lipinski definition) is 3. The van der Waals surface area contributed by atoms with Gasteiger partial charge in [-0.05, 0) is 30.4 Å². The van der Waals surface area contributed by atoms with Crippen LogP contribution in [-0.2, 0) is 0 Å². The highest BCUT2D eigenvalue weighted by atomic mass is 32.1. The quantitative estimate of drug-likeness (QED) is 0.754. The van der Waals surface area contributed by atoms with Crippen molar-refractivity contribution in [2.24, 2.45) is 0 Å². The number of nitrogens with zero attached hydrogens (tertiary/aromatic N) is 3. The number of aryl methyl sites for hydroxylation is 1. The number of aliphatic hydroxyl groups is 1. The molecule has 1 unspecified atom stereocenters. The van der Waals surface area contributed by atoms with E-state index in [9.17, 15) is 9.90 Å². The molecule has 2 aromatic heterocycles. The first kappa shape index (κ1) is 16.7. The van der Waals surface area contributed by atoms with E-state index in [4.69, 9.17) is 0 Å². The summed E-state index contributed by atoms with van der Waals surface area (Å²) in [6.45, 7) is 3.29. The van der Waals surface area contributed by atoms with Crippen molar-refractivity contribution in [3.63, 3.8) is 0 Å². The first-order valence-corrected chi connectivity index (χ1v) is 8.67. The first-order valence-electron chi connectivity index (χ1n) is 7.79. The van der Waals surface area contributed by atoms with Gasteiger partial charge in [-0.25, -0.2) is 9.97 Å². The summed E-state index contributed by atoms with van der Waals surface area (Å²) in [5, 5.41) is 18.5. The molecule has 1 atom stereocenters. The van der Waals surface area contributed by atoms with Crippen molar-refractivity contribution in [1.29, 1.82) is 0 Å². The molecule has 1 fully saturated rings. The van der Waals surface area contributed by atoms with Gasteiger partial charge in [0.15, 0.2) is 0 Å². The Morgan fingerprint density at radius 1 is 1.46 bits per heavy atom. The largest absolute Gasteiger partial charge is 0.386 e. The van der Waals surface area contributed by atoms with E-state index < -0.39 is 5.60 Å². The zero-order valence-electron chi connectivity index (χ0n) is 13.7. The van der Waals surface area contributed by atoms with Crippen LogP contribution in [0, 0.1) is 6.92 Å². The summed E-state index contributed by atoms with van der Waals surface area (Å²) >= 11 is 1.41. The Hall–Kier alpha value is -2.19. The molecule has 0 radical (unpaired) electrons. The highest BCUT2D eigenvalue weighted by Crippen LogP contribution is 2.26. The number of amides is 1. The van der Waals surface area contributed by atoms with E-state index >= 15 is 0 Å². The van der Waals surface area contributed by atoms with E-state index in [0.717, 1.165) is 17.2 Å². The maximum absolute atomic E-state index is 12.1. The average molecular weight is 347 g/mol. The van der Waals surface area contributed by atoms with Crippen LogP contribution in [0.4, 0.5) is 11.6 Å². The minimum absolute atomic E-state index is 0.139. The summed E-state index contributed by atoms with van der Waals surface area (Å²) in [5.74, 6) is 1.36. The molecule has 0 aliphatic carbocycles. The van der Waals surface area contributed by atoms with Gasteiger partial charge in [0.25, 0.3) is 5.91 Å². The minimum atomic E-state index is -0.952. The predicted molar refractivity (Wildman–Crippen MR) is 94.7 cm³/mol. The molecule has 1 amide bonds. The smallest absolute Gasteiger partial charge is 0.261 e. The highest BCUT2D eigenvalue weighted by molar-refractivity contribution is 7.12. The molecule has 3 N–H and O–H groups in total. The van der Waals surface area contributed by atoms with E-state index in [1.54, 1.807) is 7.05 Å². The van der Waals surface area contributed by atoms with Gasteiger partial charge >= 0.3 is 0 Å². The third kappa shape index (κ3) is 3.65. The molecule has 7 nitrogen and oxygen atoms in total. The maximum atomic E-state index is 12.1. The summed E-state index contributed by atoms with van der Waals surface area (Å²) < 4.78 is 0. The molecule has 0 bridgehead atoms. The Morgan fingerprint density at radius 3 is 3.00 bits per heavy atom. The van der Waals surface area contributed by atoms with Crippen LogP contribution in [0.15, 0.2) is 23.8 Å². The Kier molecular flexibility index (Phi) is 4.68. The third-order valence-electron chi connectivity index (χ3n) is 4.10. The number of carbonyl (C=O) groups excluding carboxylic acids is 1. The van der Waals surface area contributed by atoms with Crippen molar-refractivity contribution in [2.75, 3.05) is 36.9 Å². The number of thiophene rings is 1. The Bertz CT molecular complexity index is 735. The van der Waals surface area contributed by atoms with E-state index in [0.29, 0.717) is 24.4 Å². The number of hydrogen-bond acceptors (Lipinski definition) is 7. The summed E-state index contributed by atoms with van der Waals surface area (Å²) in [5.41, 5.74) is 0.118. The number of aromatic nitrogens is 2. The summed E-state index contributed by atoms with van der Waals surface area (Å²) in [6, 6.07) is 3.70. The number of β-amino-alcohol motifs (C(OH)–C–C–N with tert-alkyl or cyclic N) is 1. The van der Waals surface area contributed by atoms with Crippen molar-refractivity contribution >= 4 is 28.9 Å². The van der Waals surface area contributed by atoms with Gasteiger partial charge in [-0.3, -0.25) is 4.79 Å². The van der Waals surface area contributed by atoms with Crippen LogP contribution in [0.3, 0.4) is 0 Å². The van der Waals surface area contributed by atoms with Crippen LogP contribution in [0.2, 0.25) is 0 Å². The standard InChI is InChI=1S/C16H21N5O2S/c1-11-5-12(24-7-11)15(22)18-8-16(23)3-4-21(9-16)14-6-13(17-2)19-10-20-14/h5-7,10,23H,3-4,8-9H2,1-2H3,(H,18,22)(H,17,19,20). The molecule has 1 saturated heterocycles. The van der Waals surface area contributed by atoms with Gasteiger partial charge in [-0.1, -0.05) is 0 Å². The summed E-state index contributed by atoms with van der Waals surface area (Å²) in [6.07, 6.45) is 2.08. The molecule has 2 aromatic rings. The van der Waals surface area contributed by atoms with Gasteiger partial charge in [-0.2, -0.15) is 0 Å². The molecule has 1 aliphatic rings. The van der Waals surface area contributed by atoms with Crippen LogP contribution < -0.4 is 15.5 Å². The molecule has 0 saturated carbocycles. The van der Waals surface area contributed by atoms with E-state index in [2.05, 4.69) is 20.6 Å². The molecule has 3 heterocycles. The maximum Gasteiger partial charge on any atom is 0.261 e. The molecule has 0 aromatic carbocycles. The van der Waals surface area contributed by atoms with Crippen LogP contribution in [0.1, 0.15) is 21.7 Å². The second-order valence-corrected chi connectivity index (χ2v) is 6.99. The van der Waals surface area contributed by atoms with Crippen LogP contribution >= 0.6 is 11.3 Å². The second-order valence-electron chi connectivity index (χ2n) is 6.08. The fraction of sp³-hybridized carbons (Fsp3) is 0.438. The lowest BCUT2D eigenvalue weighted by Crippen LogP contribution is -2.45. The predicted octanol–water partition coefficient (Wildman–Crippen LogP) is 1.26. The van der Waals surface area contributed by atoms with Gasteiger partial charge in [0, 0.05) is 32.7 Å². The van der Waals surface area contributed by atoms with Crippen molar-refractivity contribution in [3.05, 3.63) is 34.3 Å². The highest BCUT2D eigenvalue weighted by Gasteiger charge is 2.37. The fourth-order valence-electron chi connectivity index (χ4n) is 2.74. The molecule has 1 aliphatic heterocycles. The number of anilines is 2. The minimum Gasteiger partial charge on any atom is -0.386 e. The van der Waals surface area contributed by atoms with Gasteiger partial charge in [0.2, 0.25) is 0 Å². The summed E-state index contributed by atoms with van der Waals surface area (Å²) in [7, 11) is 1.80. The van der Waals surface area contributed by atoms with Crippen LogP contribution in [0.5, 0.6) is 0 Å². The lowest BCUT2D eigenvalue weighted by atomic mass is 10.0. The molecule has 24 heavy (non-hydrogen) atoms. The van der Waals surface area contributed by atoms with Crippen molar-refractivity contribution in [3.8, 4) is 0 Å². The molecular weight excluding hydrogens is 326 g/mol. The third-order valence-corrected chi connectivity index (χ3v) is 5.14. The van der Waals surface area contributed by atoms with Gasteiger partial charge in [-0.15, -0.1) is 11.3 Å². The topological polar surface area (TPSA) is 90.4 Å². The van der Waals surface area contributed by atoms with Gasteiger partial charge in [0.05, 0.1) is 4.88 Å². The molecule has 3 rings (SSSR count). The number of carbonyl (C=O) groups is 1. The first-order chi connectivity index (χ1) is 11.5. The fourth-order valence-corrected chi connectivity index (χ4v) is 3.55. The monoisotopic (exact) mass is 347 g/mol. The SMILES string of the molecule is CNc1cc(N2CCC(O)(CNC(=O)c3cc(C)cs3)C2)ncn1. The molecular formula is C16H21N5O2S. The Labute approximate surface area is 144 Å². The van der Waals surface area contributed by atoms with E-state index in [1.807, 2.05) is 29.3 Å². The molecule has 8 heteroatoms. The molecule has 0 spiro atoms. The normalized spacial score (nSPS) is 20.2. The lowest BCUT2D eigenvalue weighted by Gasteiger charge is -2.24. The summed E-state index contributed by atoms with van der Waals surface area (Å²) in [4.78, 5) is 23.2. The second kappa shape index (κ2) is 6.74. The number of rotatable bonds is 5.